The lowest BCUT2D eigenvalue weighted by Crippen LogP contribution is -2.57. The number of hydrogen-bond donors (Lipinski definition) is 2. The predicted molar refractivity (Wildman–Crippen MR) is 75.1 cm³/mol. The van der Waals surface area contributed by atoms with Crippen molar-refractivity contribution >= 4 is 12.4 Å². The summed E-state index contributed by atoms with van der Waals surface area (Å²) in [5.41, 5.74) is 0.561. The fourth-order valence-corrected chi connectivity index (χ4v) is 2.93. The average molecular weight is 276 g/mol. The summed E-state index contributed by atoms with van der Waals surface area (Å²) in [5, 5.41) is 11.8. The van der Waals surface area contributed by atoms with Gasteiger partial charge < -0.3 is 10.4 Å². The van der Waals surface area contributed by atoms with Crippen molar-refractivity contribution in [3.05, 3.63) is 35.9 Å². The lowest BCUT2D eigenvalue weighted by atomic mass is 9.85. The van der Waals surface area contributed by atoms with Gasteiger partial charge >= 0.3 is 5.97 Å². The Bertz CT molecular complexity index is 463. The molecule has 0 aliphatic carbocycles. The molecule has 0 spiro atoms. The Hall–Kier alpha value is -1.88. The normalized spacial score (nSPS) is 23.2. The van der Waals surface area contributed by atoms with Crippen LogP contribution in [0.15, 0.2) is 30.3 Å². The third-order valence-corrected chi connectivity index (χ3v) is 3.76. The van der Waals surface area contributed by atoms with Gasteiger partial charge in [0.05, 0.1) is 12.0 Å². The number of carboxylic acids is 1. The maximum absolute atomic E-state index is 11.0. The van der Waals surface area contributed by atoms with E-state index in [1.807, 2.05) is 18.2 Å². The predicted octanol–water partition coefficient (Wildman–Crippen LogP) is 1.24. The molecule has 5 nitrogen and oxygen atoms in total. The first-order chi connectivity index (χ1) is 9.63. The number of rotatable bonds is 6. The number of amides is 1. The average Bonchev–Trinajstić information content (AvgIpc) is 2.39. The van der Waals surface area contributed by atoms with Crippen LogP contribution in [0.2, 0.25) is 0 Å². The van der Waals surface area contributed by atoms with Gasteiger partial charge in [-0.25, -0.2) is 0 Å². The first kappa shape index (κ1) is 14.5. The maximum atomic E-state index is 11.0. The van der Waals surface area contributed by atoms with Crippen LogP contribution in [-0.4, -0.2) is 41.0 Å². The van der Waals surface area contributed by atoms with Gasteiger partial charge in [-0.3, -0.25) is 14.5 Å². The summed E-state index contributed by atoms with van der Waals surface area (Å²) in [6.07, 6.45) is 2.19. The highest BCUT2D eigenvalue weighted by atomic mass is 16.4. The second-order valence-corrected chi connectivity index (χ2v) is 5.41. The Labute approximate surface area is 118 Å². The summed E-state index contributed by atoms with van der Waals surface area (Å²) in [5.74, 6) is -0.874. The molecule has 20 heavy (non-hydrogen) atoms. The Morgan fingerprint density at radius 2 is 2.15 bits per heavy atom. The Kier molecular flexibility index (Phi) is 4.74. The van der Waals surface area contributed by atoms with Gasteiger partial charge in [0.15, 0.2) is 0 Å². The van der Waals surface area contributed by atoms with Crippen molar-refractivity contribution in [1.29, 1.82) is 0 Å². The van der Waals surface area contributed by atoms with E-state index in [1.165, 1.54) is 5.56 Å². The molecule has 1 aliphatic heterocycles. The number of benzene rings is 1. The summed E-state index contributed by atoms with van der Waals surface area (Å²) in [4.78, 5) is 24.0. The van der Waals surface area contributed by atoms with Gasteiger partial charge in [-0.1, -0.05) is 30.3 Å². The van der Waals surface area contributed by atoms with Crippen LogP contribution in [-0.2, 0) is 16.1 Å². The van der Waals surface area contributed by atoms with Crippen LogP contribution in [0.25, 0.3) is 0 Å². The van der Waals surface area contributed by atoms with Crippen LogP contribution >= 0.6 is 0 Å². The van der Waals surface area contributed by atoms with Gasteiger partial charge in [-0.05, 0) is 24.9 Å². The minimum atomic E-state index is -0.874. The maximum Gasteiger partial charge on any atom is 0.305 e. The number of likely N-dealkylation sites (tertiary alicyclic amines) is 1. The van der Waals surface area contributed by atoms with E-state index in [4.69, 9.17) is 5.11 Å². The number of nitrogens with zero attached hydrogens (tertiary/aromatic N) is 1. The highest BCUT2D eigenvalue weighted by Gasteiger charge is 2.37. The number of aliphatic carboxylic acids is 1. The number of carbonyl (C=O) groups is 2. The van der Waals surface area contributed by atoms with Crippen LogP contribution in [0.4, 0.5) is 0 Å². The van der Waals surface area contributed by atoms with Gasteiger partial charge in [0.25, 0.3) is 0 Å². The van der Waals surface area contributed by atoms with E-state index in [0.717, 1.165) is 19.5 Å². The van der Waals surface area contributed by atoms with E-state index >= 15 is 0 Å². The van der Waals surface area contributed by atoms with Gasteiger partial charge in [0.2, 0.25) is 6.41 Å². The summed E-state index contributed by atoms with van der Waals surface area (Å²) >= 11 is 0. The standard InChI is InChI=1S/C15H20N2O3/c18-12-16-15(9-14(19)20)7-4-8-17(11-15)10-13-5-2-1-3-6-13/h1-3,5-6,12H,4,7-11H2,(H,16,18)(H,19,20). The molecule has 108 valence electrons. The fourth-order valence-electron chi connectivity index (χ4n) is 2.93. The summed E-state index contributed by atoms with van der Waals surface area (Å²) in [6, 6.07) is 10.1. The molecule has 1 fully saturated rings. The zero-order valence-corrected chi connectivity index (χ0v) is 11.4. The van der Waals surface area contributed by atoms with Crippen LogP contribution in [0.5, 0.6) is 0 Å². The van der Waals surface area contributed by atoms with Gasteiger partial charge in [-0.2, -0.15) is 0 Å². The topological polar surface area (TPSA) is 69.6 Å². The largest absolute Gasteiger partial charge is 0.481 e. The SMILES string of the molecule is O=CNC1(CC(=O)O)CCCN(Cc2ccccc2)C1. The third kappa shape index (κ3) is 3.81. The minimum absolute atomic E-state index is 0.0307. The summed E-state index contributed by atoms with van der Waals surface area (Å²) < 4.78 is 0. The number of hydrogen-bond acceptors (Lipinski definition) is 3. The van der Waals surface area contributed by atoms with Crippen LogP contribution in [0, 0.1) is 0 Å². The fraction of sp³-hybridized carbons (Fsp3) is 0.467. The molecule has 1 amide bonds. The van der Waals surface area contributed by atoms with Crippen molar-refractivity contribution in [2.45, 2.75) is 31.3 Å². The second-order valence-electron chi connectivity index (χ2n) is 5.41. The molecule has 1 saturated heterocycles. The van der Waals surface area contributed by atoms with E-state index in [1.54, 1.807) is 0 Å². The van der Waals surface area contributed by atoms with E-state index in [9.17, 15) is 9.59 Å². The summed E-state index contributed by atoms with van der Waals surface area (Å²) in [6.45, 7) is 2.28. The Balaban J connectivity index is 2.05. The van der Waals surface area contributed by atoms with Crippen LogP contribution < -0.4 is 5.32 Å². The first-order valence-corrected chi connectivity index (χ1v) is 6.83. The molecule has 0 radical (unpaired) electrons. The molecule has 2 rings (SSSR count). The molecule has 1 atom stereocenters. The zero-order chi connectivity index (χ0) is 14.4. The number of piperidine rings is 1. The van der Waals surface area contributed by atoms with Crippen molar-refractivity contribution < 1.29 is 14.7 Å². The van der Waals surface area contributed by atoms with Crippen LogP contribution in [0.1, 0.15) is 24.8 Å². The quantitative estimate of drug-likeness (QED) is 0.767. The number of carboxylic acid groups (broad SMARTS) is 1. The monoisotopic (exact) mass is 276 g/mol. The molecule has 1 aromatic rings. The lowest BCUT2D eigenvalue weighted by Gasteiger charge is -2.41. The van der Waals surface area contributed by atoms with E-state index in [2.05, 4.69) is 22.3 Å². The van der Waals surface area contributed by atoms with E-state index in [0.29, 0.717) is 19.4 Å². The first-order valence-electron chi connectivity index (χ1n) is 6.83. The highest BCUT2D eigenvalue weighted by molar-refractivity contribution is 5.69. The number of nitrogens with one attached hydrogen (secondary N) is 1. The van der Waals surface area contributed by atoms with Crippen molar-refractivity contribution in [2.75, 3.05) is 13.1 Å². The molecule has 1 aromatic carbocycles. The summed E-state index contributed by atoms with van der Waals surface area (Å²) in [7, 11) is 0. The second kappa shape index (κ2) is 6.52. The third-order valence-electron chi connectivity index (χ3n) is 3.76. The molecule has 2 N–H and O–H groups in total. The smallest absolute Gasteiger partial charge is 0.305 e. The van der Waals surface area contributed by atoms with E-state index < -0.39 is 11.5 Å². The van der Waals surface area contributed by atoms with Crippen molar-refractivity contribution in [2.24, 2.45) is 0 Å². The molecular weight excluding hydrogens is 256 g/mol. The van der Waals surface area contributed by atoms with Gasteiger partial charge in [0.1, 0.15) is 0 Å². The number of carbonyl (C=O) groups excluding carboxylic acids is 1. The molecule has 1 unspecified atom stereocenters. The Morgan fingerprint density at radius 1 is 1.40 bits per heavy atom. The molecule has 0 saturated carbocycles. The lowest BCUT2D eigenvalue weighted by molar-refractivity contribution is -0.139. The van der Waals surface area contributed by atoms with E-state index in [-0.39, 0.29) is 6.42 Å². The zero-order valence-electron chi connectivity index (χ0n) is 11.4. The molecule has 0 aromatic heterocycles. The van der Waals surface area contributed by atoms with Crippen molar-refractivity contribution in [3.63, 3.8) is 0 Å². The van der Waals surface area contributed by atoms with Crippen molar-refractivity contribution in [1.82, 2.24) is 10.2 Å². The van der Waals surface area contributed by atoms with Gasteiger partial charge in [0, 0.05) is 13.1 Å². The van der Waals surface area contributed by atoms with Crippen LogP contribution in [0.3, 0.4) is 0 Å². The molecule has 5 heteroatoms. The Morgan fingerprint density at radius 3 is 2.80 bits per heavy atom. The minimum Gasteiger partial charge on any atom is -0.481 e. The molecular formula is C15H20N2O3. The molecule has 1 heterocycles. The highest BCUT2D eigenvalue weighted by Crippen LogP contribution is 2.25. The molecule has 0 bridgehead atoms. The molecule has 1 aliphatic rings. The van der Waals surface area contributed by atoms with Crippen molar-refractivity contribution in [3.8, 4) is 0 Å². The van der Waals surface area contributed by atoms with Gasteiger partial charge in [-0.15, -0.1) is 0 Å².